The molecule has 67 valence electrons. The first-order valence-corrected chi connectivity index (χ1v) is 5.27. The van der Waals surface area contributed by atoms with Gasteiger partial charge in [0, 0.05) is 17.0 Å². The third kappa shape index (κ3) is 1.14. The fourth-order valence-electron chi connectivity index (χ4n) is 1.42. The smallest absolute Gasteiger partial charge is 0.139 e. The highest BCUT2D eigenvalue weighted by molar-refractivity contribution is 7.08. The number of para-hydroxylation sites is 1. The summed E-state index contributed by atoms with van der Waals surface area (Å²) >= 11 is 1.67. The largest absolute Gasteiger partial charge is 0.338 e. The number of hydrogen-bond acceptors (Lipinski definition) is 2. The van der Waals surface area contributed by atoms with E-state index < -0.39 is 0 Å². The van der Waals surface area contributed by atoms with Crippen LogP contribution in [0.1, 0.15) is 0 Å². The van der Waals surface area contributed by atoms with Crippen molar-refractivity contribution in [3.05, 3.63) is 41.1 Å². The van der Waals surface area contributed by atoms with Gasteiger partial charge in [-0.25, -0.2) is 4.98 Å². The molecule has 3 heteroatoms. The number of hydrogen-bond donors (Lipinski definition) is 1. The van der Waals surface area contributed by atoms with Crippen LogP contribution in [0.5, 0.6) is 0 Å². The summed E-state index contributed by atoms with van der Waals surface area (Å²) in [6.07, 6.45) is 0. The Morgan fingerprint density at radius 1 is 1.36 bits per heavy atom. The third-order valence-corrected chi connectivity index (χ3v) is 2.79. The number of rotatable bonds is 1. The lowest BCUT2D eigenvalue weighted by Crippen LogP contribution is -1.73. The maximum atomic E-state index is 4.45. The zero-order valence-corrected chi connectivity index (χ0v) is 8.14. The first kappa shape index (κ1) is 7.76. The molecule has 0 aliphatic carbocycles. The lowest BCUT2D eigenvalue weighted by molar-refractivity contribution is 1.35. The van der Waals surface area contributed by atoms with Crippen LogP contribution in [0.2, 0.25) is 0 Å². The van der Waals surface area contributed by atoms with Crippen LogP contribution in [-0.2, 0) is 0 Å². The number of aromatic nitrogens is 2. The molecule has 0 saturated carbocycles. The van der Waals surface area contributed by atoms with Crippen molar-refractivity contribution in [3.63, 3.8) is 0 Å². The Balaban J connectivity index is 2.24. The van der Waals surface area contributed by atoms with E-state index >= 15 is 0 Å². The molecule has 0 fully saturated rings. The second-order valence-electron chi connectivity index (χ2n) is 3.03. The predicted octanol–water partition coefficient (Wildman–Crippen LogP) is 3.09. The molecule has 2 heterocycles. The zero-order chi connectivity index (χ0) is 9.38. The molecule has 0 atom stereocenters. The fraction of sp³-hybridized carbons (Fsp3) is 0. The normalized spacial score (nSPS) is 10.9. The van der Waals surface area contributed by atoms with E-state index in [1.807, 2.05) is 23.6 Å². The van der Waals surface area contributed by atoms with Gasteiger partial charge in [0.05, 0.1) is 11.0 Å². The molecule has 0 bridgehead atoms. The van der Waals surface area contributed by atoms with Crippen molar-refractivity contribution in [1.82, 2.24) is 9.97 Å². The Morgan fingerprint density at radius 3 is 3.14 bits per heavy atom. The average Bonchev–Trinajstić information content (AvgIpc) is 2.86. The van der Waals surface area contributed by atoms with Gasteiger partial charge in [-0.05, 0) is 17.5 Å². The van der Waals surface area contributed by atoms with E-state index in [0.29, 0.717) is 0 Å². The van der Waals surface area contributed by atoms with Crippen LogP contribution in [0, 0.1) is 6.07 Å². The van der Waals surface area contributed by atoms with Crippen LogP contribution in [0.3, 0.4) is 0 Å². The summed E-state index contributed by atoms with van der Waals surface area (Å²) < 4.78 is 0. The third-order valence-electron chi connectivity index (χ3n) is 2.11. The zero-order valence-electron chi connectivity index (χ0n) is 7.32. The van der Waals surface area contributed by atoms with E-state index in [2.05, 4.69) is 27.5 Å². The summed E-state index contributed by atoms with van der Waals surface area (Å²) in [5.74, 6) is 0.920. The van der Waals surface area contributed by atoms with Crippen LogP contribution in [0.4, 0.5) is 0 Å². The Morgan fingerprint density at radius 2 is 2.36 bits per heavy atom. The minimum Gasteiger partial charge on any atom is -0.338 e. The van der Waals surface area contributed by atoms with Crippen molar-refractivity contribution in [2.24, 2.45) is 0 Å². The molecule has 3 rings (SSSR count). The van der Waals surface area contributed by atoms with Crippen LogP contribution < -0.4 is 0 Å². The van der Waals surface area contributed by atoms with E-state index in [9.17, 15) is 0 Å². The van der Waals surface area contributed by atoms with E-state index in [1.165, 1.54) is 0 Å². The number of H-pyrrole nitrogens is 1. The number of imidazole rings is 1. The van der Waals surface area contributed by atoms with Gasteiger partial charge in [0.25, 0.3) is 0 Å². The van der Waals surface area contributed by atoms with Crippen molar-refractivity contribution in [2.75, 3.05) is 0 Å². The van der Waals surface area contributed by atoms with Crippen LogP contribution in [0.25, 0.3) is 22.4 Å². The molecule has 3 aromatic rings. The maximum absolute atomic E-state index is 4.45. The number of nitrogens with one attached hydrogen (secondary N) is 1. The minimum atomic E-state index is 0.897. The number of aromatic amines is 1. The van der Waals surface area contributed by atoms with Gasteiger partial charge in [-0.3, -0.25) is 0 Å². The van der Waals surface area contributed by atoms with Gasteiger partial charge in [0.2, 0.25) is 0 Å². The van der Waals surface area contributed by atoms with Crippen LogP contribution >= 0.6 is 11.3 Å². The van der Waals surface area contributed by atoms with Gasteiger partial charge < -0.3 is 4.98 Å². The summed E-state index contributed by atoms with van der Waals surface area (Å²) in [7, 11) is 0. The summed E-state index contributed by atoms with van der Waals surface area (Å²) in [6.45, 7) is 0. The second-order valence-corrected chi connectivity index (χ2v) is 3.81. The standard InChI is InChI=1S/C11H7N2S/c1-2-4-10-9(3-1)12-11(13-10)8-5-6-14-7-8/h1-3,5-7H,(H,12,13). The SMILES string of the molecule is [c]1cccc2[nH]c(-c3ccsc3)nc12. The molecular weight excluding hydrogens is 192 g/mol. The predicted molar refractivity (Wildman–Crippen MR) is 58.2 cm³/mol. The molecule has 1 N–H and O–H groups in total. The van der Waals surface area contributed by atoms with Crippen molar-refractivity contribution < 1.29 is 0 Å². The number of benzene rings is 1. The topological polar surface area (TPSA) is 28.7 Å². The summed E-state index contributed by atoms with van der Waals surface area (Å²) in [5.41, 5.74) is 3.07. The molecule has 14 heavy (non-hydrogen) atoms. The highest BCUT2D eigenvalue weighted by atomic mass is 32.1. The molecule has 0 aliphatic rings. The molecule has 2 aromatic heterocycles. The van der Waals surface area contributed by atoms with Gasteiger partial charge in [-0.1, -0.05) is 12.1 Å². The lowest BCUT2D eigenvalue weighted by atomic mass is 10.3. The maximum Gasteiger partial charge on any atom is 0.139 e. The van der Waals surface area contributed by atoms with Gasteiger partial charge in [-0.2, -0.15) is 11.3 Å². The van der Waals surface area contributed by atoms with E-state index in [-0.39, 0.29) is 0 Å². The van der Waals surface area contributed by atoms with Gasteiger partial charge in [0.1, 0.15) is 5.82 Å². The molecule has 0 saturated heterocycles. The monoisotopic (exact) mass is 199 g/mol. The Kier molecular flexibility index (Phi) is 1.64. The average molecular weight is 199 g/mol. The first-order chi connectivity index (χ1) is 6.93. The summed E-state index contributed by atoms with van der Waals surface area (Å²) in [5, 5.41) is 4.13. The number of nitrogens with zero attached hydrogens (tertiary/aromatic N) is 1. The molecule has 0 amide bonds. The molecule has 1 aromatic carbocycles. The highest BCUT2D eigenvalue weighted by Gasteiger charge is 2.03. The van der Waals surface area contributed by atoms with Crippen molar-refractivity contribution >= 4 is 22.4 Å². The Labute approximate surface area is 85.2 Å². The van der Waals surface area contributed by atoms with Gasteiger partial charge >= 0.3 is 0 Å². The molecule has 2 nitrogen and oxygen atoms in total. The quantitative estimate of drug-likeness (QED) is 0.641. The highest BCUT2D eigenvalue weighted by Crippen LogP contribution is 2.21. The first-order valence-electron chi connectivity index (χ1n) is 4.32. The van der Waals surface area contributed by atoms with E-state index in [0.717, 1.165) is 22.4 Å². The summed E-state index contributed by atoms with van der Waals surface area (Å²) in [4.78, 5) is 7.71. The van der Waals surface area contributed by atoms with E-state index in [1.54, 1.807) is 11.3 Å². The minimum absolute atomic E-state index is 0.897. The molecule has 0 aliphatic heterocycles. The van der Waals surface area contributed by atoms with Crippen LogP contribution in [-0.4, -0.2) is 9.97 Å². The fourth-order valence-corrected chi connectivity index (χ4v) is 2.07. The molecular formula is C11H7N2S. The Bertz CT molecular complexity index is 518. The Hall–Kier alpha value is -1.61. The summed E-state index contributed by atoms with van der Waals surface area (Å²) in [6, 6.07) is 11.0. The molecule has 0 spiro atoms. The van der Waals surface area contributed by atoms with Crippen molar-refractivity contribution in [1.29, 1.82) is 0 Å². The molecule has 0 unspecified atom stereocenters. The number of fused-ring (bicyclic) bond motifs is 1. The second kappa shape index (κ2) is 2.96. The number of thiophene rings is 1. The van der Waals surface area contributed by atoms with Gasteiger partial charge in [-0.15, -0.1) is 0 Å². The van der Waals surface area contributed by atoms with Crippen molar-refractivity contribution in [3.8, 4) is 11.4 Å². The van der Waals surface area contributed by atoms with Gasteiger partial charge in [0.15, 0.2) is 0 Å². The van der Waals surface area contributed by atoms with Crippen molar-refractivity contribution in [2.45, 2.75) is 0 Å². The van der Waals surface area contributed by atoms with E-state index in [4.69, 9.17) is 0 Å². The van der Waals surface area contributed by atoms with Crippen LogP contribution in [0.15, 0.2) is 35.0 Å². The molecule has 1 radical (unpaired) electrons. The lowest BCUT2D eigenvalue weighted by Gasteiger charge is -1.86.